The molecule has 0 fully saturated rings. The van der Waals surface area contributed by atoms with Gasteiger partial charge in [0.05, 0.1) is 0 Å². The minimum absolute atomic E-state index is 0. The summed E-state index contributed by atoms with van der Waals surface area (Å²) < 4.78 is 0. The molecule has 4 heteroatoms. The van der Waals surface area contributed by atoms with Gasteiger partial charge in [0, 0.05) is 14.2 Å². The van der Waals surface area contributed by atoms with Crippen molar-refractivity contribution in [1.82, 2.24) is 10.3 Å². The first kappa shape index (κ1) is 11.0. The van der Waals surface area contributed by atoms with Gasteiger partial charge >= 0.3 is 0 Å². The molecule has 0 spiro atoms. The van der Waals surface area contributed by atoms with Crippen LogP contribution in [0.4, 0.5) is 4.79 Å². The normalized spacial score (nSPS) is 9.79. The minimum Gasteiger partial charge on any atom is -0.347 e. The number of hydrogen-bond acceptors (Lipinski definition) is 3. The summed E-state index contributed by atoms with van der Waals surface area (Å²) >= 11 is 1.13. The topological polar surface area (TPSA) is 42.0 Å². The smallest absolute Gasteiger partial charge is 0.285 e. The Morgan fingerprint density at radius 1 is 1.64 bits per heavy atom. The molecule has 78 valence electrons. The van der Waals surface area contributed by atoms with E-state index in [-0.39, 0.29) is 6.67 Å². The minimum atomic E-state index is -0.0304. The summed E-state index contributed by atoms with van der Waals surface area (Å²) in [6, 6.07) is 5.53. The Kier molecular flexibility index (Phi) is 5.07. The molecule has 0 aliphatic heterocycles. The van der Waals surface area contributed by atoms with Crippen molar-refractivity contribution in [2.75, 3.05) is 6.54 Å². The van der Waals surface area contributed by atoms with E-state index in [0.29, 0.717) is 0 Å². The van der Waals surface area contributed by atoms with Crippen LogP contribution >= 0.6 is 11.8 Å². The maximum absolute atomic E-state index is 11.3. The zero-order chi connectivity index (χ0) is 10.2. The average molecular weight is 212 g/mol. The van der Waals surface area contributed by atoms with Crippen molar-refractivity contribution < 1.29 is 6.22 Å². The second kappa shape index (κ2) is 6.43. The molecule has 0 saturated heterocycles. The number of carbonyl (C=O) groups excluding carboxylic acids is 1. The predicted octanol–water partition coefficient (Wildman–Crippen LogP) is 2.93. The molecule has 1 rings (SSSR count). The average Bonchev–Trinajstić information content (AvgIpc) is 2.20. The fourth-order valence-electron chi connectivity index (χ4n) is 0.906. The Labute approximate surface area is 89.8 Å². The Morgan fingerprint density at radius 3 is 3.14 bits per heavy atom. The molecule has 1 amide bonds. The largest absolute Gasteiger partial charge is 0.347 e. The number of amides is 1. The van der Waals surface area contributed by atoms with E-state index in [4.69, 9.17) is 0 Å². The van der Waals surface area contributed by atoms with E-state index in [1.807, 2.05) is 18.2 Å². The van der Waals surface area contributed by atoms with E-state index < -0.39 is 0 Å². The lowest BCUT2D eigenvalue weighted by Gasteiger charge is -2.02. The van der Waals surface area contributed by atoms with Gasteiger partial charge in [-0.05, 0) is 30.3 Å². The Morgan fingerprint density at radius 2 is 2.50 bits per heavy atom. The number of rotatable bonds is 4. The molecule has 1 aromatic heterocycles. The molecule has 0 aliphatic rings. The lowest BCUT2D eigenvalue weighted by Crippen LogP contribution is -2.19. The fourth-order valence-corrected chi connectivity index (χ4v) is 1.53. The highest BCUT2D eigenvalue weighted by Crippen LogP contribution is 2.14. The third-order valence-corrected chi connectivity index (χ3v) is 2.42. The maximum atomic E-state index is 11.3. The van der Waals surface area contributed by atoms with Gasteiger partial charge < -0.3 is 5.32 Å². The first-order chi connectivity index (χ1) is 6.83. The van der Waals surface area contributed by atoms with E-state index in [1.165, 1.54) is 0 Å². The highest BCUT2D eigenvalue weighted by Gasteiger charge is 2.02. The molecule has 1 aromatic rings. The number of nitrogens with one attached hydrogen (secondary N) is 1. The van der Waals surface area contributed by atoms with Crippen molar-refractivity contribution in [3.8, 4) is 0 Å². The van der Waals surface area contributed by atoms with E-state index in [1.54, 1.807) is 6.20 Å². The van der Waals surface area contributed by atoms with Crippen LogP contribution in [-0.4, -0.2) is 16.8 Å². The second-order valence-electron chi connectivity index (χ2n) is 2.84. The summed E-state index contributed by atoms with van der Waals surface area (Å²) in [5.41, 5.74) is 0. The Balaban J connectivity index is 0.00000196. The van der Waals surface area contributed by atoms with Crippen LogP contribution in [0.25, 0.3) is 0 Å². The number of hydrogen-bond donors (Lipinski definition) is 1. The van der Waals surface area contributed by atoms with Crippen molar-refractivity contribution in [1.29, 1.82) is 0 Å². The summed E-state index contributed by atoms with van der Waals surface area (Å²) in [4.78, 5) is 15.3. The van der Waals surface area contributed by atoms with Gasteiger partial charge in [-0.15, -0.1) is 0 Å². The predicted molar refractivity (Wildman–Crippen MR) is 60.5 cm³/mol. The number of pyridine rings is 1. The van der Waals surface area contributed by atoms with Gasteiger partial charge in [0.2, 0.25) is 0 Å². The molecule has 0 aromatic carbocycles. The first-order valence-corrected chi connectivity index (χ1v) is 5.51. The van der Waals surface area contributed by atoms with Gasteiger partial charge in [0.15, 0.2) is 0 Å². The molecule has 0 radical (unpaired) electrons. The van der Waals surface area contributed by atoms with Gasteiger partial charge in [-0.2, -0.15) is 0 Å². The number of carbonyl (C=O) groups is 1. The van der Waals surface area contributed by atoms with Gasteiger partial charge in [0.25, 0.3) is 5.24 Å². The van der Waals surface area contributed by atoms with Crippen LogP contribution in [0, 0.1) is 0 Å². The van der Waals surface area contributed by atoms with Crippen LogP contribution < -0.4 is 5.32 Å². The molecule has 3 nitrogen and oxygen atoms in total. The number of aromatic nitrogens is 1. The Bertz CT molecular complexity index is 282. The molecular formula is C10H16N2OS. The molecule has 0 saturated carbocycles. The van der Waals surface area contributed by atoms with Crippen molar-refractivity contribution in [3.05, 3.63) is 24.4 Å². The lowest BCUT2D eigenvalue weighted by molar-refractivity contribution is 0.260. The summed E-state index contributed by atoms with van der Waals surface area (Å²) in [6.07, 6.45) is 3.80. The molecule has 0 unspecified atom stereocenters. The molecule has 14 heavy (non-hydrogen) atoms. The number of unbranched alkanes of at least 4 members (excludes halogenated alkanes) is 1. The highest BCUT2D eigenvalue weighted by molar-refractivity contribution is 8.13. The van der Waals surface area contributed by atoms with E-state index in [0.717, 1.165) is 36.2 Å². The fraction of sp³-hybridized carbons (Fsp3) is 0.400. The van der Waals surface area contributed by atoms with Crippen molar-refractivity contribution in [3.63, 3.8) is 0 Å². The molecular weight excluding hydrogens is 196 g/mol. The Hall–Kier alpha value is -1.03. The third kappa shape index (κ3) is 4.28. The number of thioether (sulfide) groups is 1. The third-order valence-electron chi connectivity index (χ3n) is 1.63. The molecule has 0 aliphatic carbocycles. The number of nitrogens with zero attached hydrogens (tertiary/aromatic N) is 1. The summed E-state index contributed by atoms with van der Waals surface area (Å²) in [5.74, 6) is 0. The van der Waals surface area contributed by atoms with Gasteiger partial charge in [-0.3, -0.25) is 4.79 Å². The van der Waals surface area contributed by atoms with E-state index >= 15 is 0 Å². The van der Waals surface area contributed by atoms with Crippen molar-refractivity contribution in [2.24, 2.45) is 0 Å². The summed E-state index contributed by atoms with van der Waals surface area (Å²) in [6.45, 7) is 2.84. The van der Waals surface area contributed by atoms with Crippen LogP contribution in [0.1, 0.15) is 21.2 Å². The molecule has 0 bridgehead atoms. The van der Waals surface area contributed by atoms with E-state index in [2.05, 4.69) is 17.2 Å². The SMILES string of the molecule is CCCCNC(=O)Sc1ccccn1.[HH]. The molecule has 0 atom stereocenters. The zero-order valence-corrected chi connectivity index (χ0v) is 9.01. The summed E-state index contributed by atoms with van der Waals surface area (Å²) in [5, 5.41) is 3.52. The molecule has 1 heterocycles. The molecule has 1 N–H and O–H groups in total. The monoisotopic (exact) mass is 212 g/mol. The van der Waals surface area contributed by atoms with Crippen LogP contribution in [0.2, 0.25) is 0 Å². The van der Waals surface area contributed by atoms with E-state index in [9.17, 15) is 4.79 Å². The quantitative estimate of drug-likeness (QED) is 0.616. The van der Waals surface area contributed by atoms with Crippen LogP contribution in [0.3, 0.4) is 0 Å². The van der Waals surface area contributed by atoms with Crippen molar-refractivity contribution >= 4 is 17.0 Å². The van der Waals surface area contributed by atoms with Crippen LogP contribution in [0.5, 0.6) is 0 Å². The summed E-state index contributed by atoms with van der Waals surface area (Å²) in [7, 11) is 0. The standard InChI is InChI=1S/C10H14N2OS.H2/c1-2-3-7-12-10(13)14-9-6-4-5-8-11-9;/h4-6,8H,2-3,7H2,1H3,(H,12,13);1H. The van der Waals surface area contributed by atoms with Gasteiger partial charge in [-0.25, -0.2) is 4.98 Å². The second-order valence-corrected chi connectivity index (χ2v) is 3.83. The maximum Gasteiger partial charge on any atom is 0.285 e. The zero-order valence-electron chi connectivity index (χ0n) is 8.19. The van der Waals surface area contributed by atoms with Gasteiger partial charge in [-0.1, -0.05) is 19.4 Å². The van der Waals surface area contributed by atoms with Crippen LogP contribution in [0.15, 0.2) is 29.4 Å². The lowest BCUT2D eigenvalue weighted by atomic mass is 10.3. The van der Waals surface area contributed by atoms with Gasteiger partial charge in [0.1, 0.15) is 5.03 Å². The van der Waals surface area contributed by atoms with Crippen LogP contribution in [-0.2, 0) is 0 Å². The first-order valence-electron chi connectivity index (χ1n) is 4.69. The van der Waals surface area contributed by atoms with Crippen molar-refractivity contribution in [2.45, 2.75) is 24.8 Å². The highest BCUT2D eigenvalue weighted by atomic mass is 32.2.